The van der Waals surface area contributed by atoms with E-state index in [1.807, 2.05) is 34.9 Å². The number of carbonyl (C=O) groups is 1. The molecule has 0 spiro atoms. The van der Waals surface area contributed by atoms with Crippen molar-refractivity contribution in [2.24, 2.45) is 7.05 Å². The number of para-hydroxylation sites is 1. The molecule has 0 fully saturated rings. The van der Waals surface area contributed by atoms with Gasteiger partial charge in [-0.1, -0.05) is 18.2 Å². The fourth-order valence-electron chi connectivity index (χ4n) is 2.72. The van der Waals surface area contributed by atoms with E-state index in [0.29, 0.717) is 29.4 Å². The third kappa shape index (κ3) is 2.65. The summed E-state index contributed by atoms with van der Waals surface area (Å²) in [4.78, 5) is 28.2. The molecule has 3 aromatic heterocycles. The van der Waals surface area contributed by atoms with Crippen LogP contribution in [0.25, 0.3) is 16.9 Å². The highest BCUT2D eigenvalue weighted by Gasteiger charge is 2.14. The molecule has 2 N–H and O–H groups in total. The van der Waals surface area contributed by atoms with Gasteiger partial charge in [-0.15, -0.1) is 0 Å². The van der Waals surface area contributed by atoms with Crippen molar-refractivity contribution in [3.05, 3.63) is 60.7 Å². The van der Waals surface area contributed by atoms with E-state index in [9.17, 15) is 4.79 Å². The quantitative estimate of drug-likeness (QED) is 0.566. The highest BCUT2D eigenvalue weighted by molar-refractivity contribution is 5.85. The average Bonchev–Trinajstić information content (AvgIpc) is 3.24. The minimum Gasteiger partial charge on any atom is -0.477 e. The summed E-state index contributed by atoms with van der Waals surface area (Å²) < 4.78 is 3.40. The highest BCUT2D eigenvalue weighted by Crippen LogP contribution is 2.21. The number of benzene rings is 1. The van der Waals surface area contributed by atoms with E-state index in [-0.39, 0.29) is 5.69 Å². The molecule has 0 unspecified atom stereocenters. The van der Waals surface area contributed by atoms with E-state index >= 15 is 0 Å². The summed E-state index contributed by atoms with van der Waals surface area (Å²) >= 11 is 0. The summed E-state index contributed by atoms with van der Waals surface area (Å²) in [6.07, 6.45) is 4.50. The van der Waals surface area contributed by atoms with Crippen LogP contribution in [0.2, 0.25) is 0 Å². The van der Waals surface area contributed by atoms with Crippen molar-refractivity contribution in [2.45, 2.75) is 6.54 Å². The molecule has 130 valence electrons. The zero-order valence-corrected chi connectivity index (χ0v) is 13.9. The van der Waals surface area contributed by atoms with E-state index in [4.69, 9.17) is 5.11 Å². The van der Waals surface area contributed by atoms with Crippen molar-refractivity contribution in [2.75, 3.05) is 5.32 Å². The number of rotatable bonds is 5. The van der Waals surface area contributed by atoms with E-state index in [1.54, 1.807) is 13.4 Å². The fraction of sp³-hybridized carbons (Fsp3) is 0.118. The number of fused-ring (bicyclic) bond motifs is 1. The number of aromatic nitrogens is 6. The van der Waals surface area contributed by atoms with Gasteiger partial charge >= 0.3 is 5.97 Å². The number of nitrogens with zero attached hydrogens (tertiary/aromatic N) is 6. The van der Waals surface area contributed by atoms with Crippen molar-refractivity contribution in [3.8, 4) is 5.69 Å². The van der Waals surface area contributed by atoms with Crippen LogP contribution in [0.1, 0.15) is 16.3 Å². The van der Waals surface area contributed by atoms with Crippen molar-refractivity contribution >= 4 is 23.0 Å². The first kappa shape index (κ1) is 15.8. The lowest BCUT2D eigenvalue weighted by molar-refractivity contribution is 0.0686. The topological polar surface area (TPSA) is 111 Å². The third-order valence-electron chi connectivity index (χ3n) is 4.09. The molecule has 26 heavy (non-hydrogen) atoms. The zero-order chi connectivity index (χ0) is 18.1. The molecule has 3 heterocycles. The number of hydrogen-bond donors (Lipinski definition) is 2. The molecule has 0 atom stereocenters. The molecule has 0 radical (unpaired) electrons. The summed E-state index contributed by atoms with van der Waals surface area (Å²) in [5.74, 6) is 0.124. The summed E-state index contributed by atoms with van der Waals surface area (Å²) in [7, 11) is 1.66. The van der Waals surface area contributed by atoms with Crippen LogP contribution in [-0.2, 0) is 13.6 Å². The van der Waals surface area contributed by atoms with Crippen LogP contribution in [0, 0.1) is 0 Å². The normalized spacial score (nSPS) is 11.0. The second-order valence-electron chi connectivity index (χ2n) is 5.62. The molecule has 0 aliphatic carbocycles. The highest BCUT2D eigenvalue weighted by atomic mass is 16.4. The number of anilines is 1. The lowest BCUT2D eigenvalue weighted by Gasteiger charge is -2.07. The number of nitrogens with one attached hydrogen (secondary N) is 1. The molecular weight excluding hydrogens is 334 g/mol. The van der Waals surface area contributed by atoms with Gasteiger partial charge in [0.25, 0.3) is 0 Å². The van der Waals surface area contributed by atoms with Crippen molar-refractivity contribution in [1.82, 2.24) is 29.1 Å². The van der Waals surface area contributed by atoms with Crippen LogP contribution in [0.5, 0.6) is 0 Å². The summed E-state index contributed by atoms with van der Waals surface area (Å²) in [5, 5.41) is 12.3. The Hall–Kier alpha value is -3.75. The molecule has 0 saturated heterocycles. The van der Waals surface area contributed by atoms with Crippen LogP contribution in [0.15, 0.2) is 49.2 Å². The number of imidazole rings is 2. The van der Waals surface area contributed by atoms with E-state index in [2.05, 4.69) is 25.3 Å². The van der Waals surface area contributed by atoms with E-state index < -0.39 is 5.97 Å². The van der Waals surface area contributed by atoms with Gasteiger partial charge in [-0.25, -0.2) is 24.7 Å². The first-order chi connectivity index (χ1) is 12.6. The first-order valence-corrected chi connectivity index (χ1v) is 7.86. The molecule has 9 heteroatoms. The van der Waals surface area contributed by atoms with Gasteiger partial charge in [-0.2, -0.15) is 0 Å². The summed E-state index contributed by atoms with van der Waals surface area (Å²) in [6.45, 7) is 0.314. The maximum absolute atomic E-state index is 11.1. The molecule has 0 amide bonds. The van der Waals surface area contributed by atoms with Gasteiger partial charge in [0.15, 0.2) is 17.0 Å². The van der Waals surface area contributed by atoms with Gasteiger partial charge in [-0.3, -0.25) is 4.57 Å². The maximum atomic E-state index is 11.1. The minimum atomic E-state index is -1.02. The Bertz CT molecular complexity index is 1090. The Morgan fingerprint density at radius 1 is 1.15 bits per heavy atom. The largest absolute Gasteiger partial charge is 0.477 e. The third-order valence-corrected chi connectivity index (χ3v) is 4.09. The monoisotopic (exact) mass is 349 g/mol. The van der Waals surface area contributed by atoms with Gasteiger partial charge in [0, 0.05) is 12.7 Å². The molecule has 0 bridgehead atoms. The molecule has 0 aliphatic heterocycles. The lowest BCUT2D eigenvalue weighted by Crippen LogP contribution is -2.11. The average molecular weight is 349 g/mol. The molecule has 1 aromatic carbocycles. The van der Waals surface area contributed by atoms with Crippen LogP contribution < -0.4 is 5.32 Å². The van der Waals surface area contributed by atoms with Gasteiger partial charge < -0.3 is 15.0 Å². The lowest BCUT2D eigenvalue weighted by atomic mass is 10.3. The smallest absolute Gasteiger partial charge is 0.354 e. The number of carboxylic acid groups (broad SMARTS) is 1. The Morgan fingerprint density at radius 3 is 2.69 bits per heavy atom. The Kier molecular flexibility index (Phi) is 3.81. The predicted octanol–water partition coefficient (Wildman–Crippen LogP) is 1.86. The van der Waals surface area contributed by atoms with Crippen LogP contribution >= 0.6 is 0 Å². The number of aromatic carboxylic acids is 1. The number of carboxylic acids is 1. The van der Waals surface area contributed by atoms with Gasteiger partial charge in [0.1, 0.15) is 24.2 Å². The summed E-state index contributed by atoms with van der Waals surface area (Å²) in [6, 6.07) is 9.78. The van der Waals surface area contributed by atoms with Gasteiger partial charge in [0.05, 0.1) is 12.7 Å². The van der Waals surface area contributed by atoms with E-state index in [0.717, 1.165) is 5.69 Å². The standard InChI is InChI=1S/C17H15N7O2/c1-23-12(17(25)26)7-18-13(23)8-19-15-14-16(21-9-20-15)24(10-22-14)11-5-3-2-4-6-11/h2-7,9-10H,8H2,1H3,(H,25,26)(H,19,20,21). The molecule has 9 nitrogen and oxygen atoms in total. The molecule has 0 aliphatic rings. The Labute approximate surface area is 148 Å². The second kappa shape index (κ2) is 6.28. The van der Waals surface area contributed by atoms with Gasteiger partial charge in [-0.05, 0) is 12.1 Å². The molecular formula is C17H15N7O2. The second-order valence-corrected chi connectivity index (χ2v) is 5.62. The van der Waals surface area contributed by atoms with E-state index in [1.165, 1.54) is 17.1 Å². The van der Waals surface area contributed by atoms with Crippen LogP contribution in [-0.4, -0.2) is 40.1 Å². The Morgan fingerprint density at radius 2 is 1.96 bits per heavy atom. The minimum absolute atomic E-state index is 0.128. The van der Waals surface area contributed by atoms with Crippen LogP contribution in [0.3, 0.4) is 0 Å². The molecule has 4 rings (SSSR count). The fourth-order valence-corrected chi connectivity index (χ4v) is 2.72. The Balaban J connectivity index is 1.64. The SMILES string of the molecule is Cn1c(C(=O)O)cnc1CNc1ncnc2c1ncn2-c1ccccc1. The zero-order valence-electron chi connectivity index (χ0n) is 13.9. The van der Waals surface area contributed by atoms with Crippen molar-refractivity contribution < 1.29 is 9.90 Å². The number of hydrogen-bond acceptors (Lipinski definition) is 6. The van der Waals surface area contributed by atoms with Gasteiger partial charge in [0.2, 0.25) is 0 Å². The molecule has 4 aromatic rings. The first-order valence-electron chi connectivity index (χ1n) is 7.86. The predicted molar refractivity (Wildman–Crippen MR) is 94.2 cm³/mol. The summed E-state index contributed by atoms with van der Waals surface area (Å²) in [5.41, 5.74) is 2.39. The molecule has 0 saturated carbocycles. The maximum Gasteiger partial charge on any atom is 0.354 e. The van der Waals surface area contributed by atoms with Crippen molar-refractivity contribution in [1.29, 1.82) is 0 Å². The van der Waals surface area contributed by atoms with Crippen molar-refractivity contribution in [3.63, 3.8) is 0 Å². The van der Waals surface area contributed by atoms with Crippen LogP contribution in [0.4, 0.5) is 5.82 Å².